The number of ketones is 1. The van der Waals surface area contributed by atoms with E-state index in [0.717, 1.165) is 60.5 Å². The molecule has 0 aromatic carbocycles. The summed E-state index contributed by atoms with van der Waals surface area (Å²) in [6.45, 7) is 6.64. The maximum absolute atomic E-state index is 13.6. The van der Waals surface area contributed by atoms with Crippen molar-refractivity contribution in [1.82, 2.24) is 4.98 Å². The Labute approximate surface area is 191 Å². The first kappa shape index (κ1) is 21.1. The van der Waals surface area contributed by atoms with Gasteiger partial charge < -0.3 is 5.11 Å². The van der Waals surface area contributed by atoms with Crippen molar-refractivity contribution in [2.45, 2.75) is 72.1 Å². The summed E-state index contributed by atoms with van der Waals surface area (Å²) in [6.07, 6.45) is 7.23. The molecule has 4 aliphatic rings. The average Bonchev–Trinajstić information content (AvgIpc) is 3.29. The number of carbonyl (C=O) groups excluding carboxylic acids is 1. The number of allylic oxidation sites excluding steroid dienone is 1. The van der Waals surface area contributed by atoms with E-state index in [-0.39, 0.29) is 23.0 Å². The number of aliphatic carboxylic acids is 1. The first-order valence-corrected chi connectivity index (χ1v) is 13.0. The highest BCUT2D eigenvalue weighted by Crippen LogP contribution is 2.48. The van der Waals surface area contributed by atoms with Crippen LogP contribution in [0.5, 0.6) is 0 Å². The number of Topliss-reactive ketones (excluding diaryl/α,β-unsaturated/α-hetero) is 1. The highest BCUT2D eigenvalue weighted by atomic mass is 32.1. The van der Waals surface area contributed by atoms with Crippen molar-refractivity contribution in [1.29, 1.82) is 0 Å². The van der Waals surface area contributed by atoms with E-state index in [9.17, 15) is 14.7 Å². The van der Waals surface area contributed by atoms with E-state index in [2.05, 4.69) is 19.2 Å². The lowest BCUT2D eigenvalue weighted by atomic mass is 9.65. The van der Waals surface area contributed by atoms with Crippen molar-refractivity contribution < 1.29 is 14.7 Å². The second-order valence-electron chi connectivity index (χ2n) is 10.2. The predicted octanol–water partition coefficient (Wildman–Crippen LogP) is 6.01. The van der Waals surface area contributed by atoms with Crippen molar-refractivity contribution in [2.24, 2.45) is 17.3 Å². The molecule has 0 radical (unpaired) electrons. The van der Waals surface area contributed by atoms with Gasteiger partial charge in [-0.15, -0.1) is 22.7 Å². The molecule has 2 bridgehead atoms. The summed E-state index contributed by atoms with van der Waals surface area (Å²) < 4.78 is 0. The summed E-state index contributed by atoms with van der Waals surface area (Å²) in [5.41, 5.74) is 4.87. The lowest BCUT2D eigenvalue weighted by Gasteiger charge is -2.38. The predicted molar refractivity (Wildman–Crippen MR) is 125 cm³/mol. The molecule has 6 heteroatoms. The van der Waals surface area contributed by atoms with E-state index in [1.165, 1.54) is 16.0 Å². The summed E-state index contributed by atoms with van der Waals surface area (Å²) in [6, 6.07) is 0. The SMILES string of the molecule is Cc1csc(-c2c(CC(=O)C3=C(C(=O)O)C4CCC3CC4)sc3c2CCC(C)(C)C3)n1. The zero-order chi connectivity index (χ0) is 21.9. The summed E-state index contributed by atoms with van der Waals surface area (Å²) in [5, 5.41) is 12.9. The van der Waals surface area contributed by atoms with Gasteiger partial charge in [-0.1, -0.05) is 13.8 Å². The number of fused-ring (bicyclic) bond motifs is 3. The third-order valence-electron chi connectivity index (χ3n) is 7.37. The number of aryl methyl sites for hydroxylation is 1. The van der Waals surface area contributed by atoms with Crippen LogP contribution >= 0.6 is 22.7 Å². The van der Waals surface area contributed by atoms with Gasteiger partial charge in [0.1, 0.15) is 5.01 Å². The maximum atomic E-state index is 13.6. The van der Waals surface area contributed by atoms with Crippen LogP contribution in [-0.4, -0.2) is 21.8 Å². The molecule has 1 N–H and O–H groups in total. The van der Waals surface area contributed by atoms with Gasteiger partial charge in [-0.3, -0.25) is 4.79 Å². The van der Waals surface area contributed by atoms with E-state index in [4.69, 9.17) is 4.98 Å². The molecule has 0 atom stereocenters. The summed E-state index contributed by atoms with van der Waals surface area (Å²) in [7, 11) is 0. The largest absolute Gasteiger partial charge is 0.478 e. The highest BCUT2D eigenvalue weighted by molar-refractivity contribution is 7.15. The minimum absolute atomic E-state index is 0.0270. The Morgan fingerprint density at radius 1 is 1.16 bits per heavy atom. The Morgan fingerprint density at radius 2 is 1.84 bits per heavy atom. The molecule has 31 heavy (non-hydrogen) atoms. The number of aromatic nitrogens is 1. The minimum Gasteiger partial charge on any atom is -0.478 e. The fraction of sp³-hybridized carbons (Fsp3) is 0.560. The highest BCUT2D eigenvalue weighted by Gasteiger charge is 2.41. The fourth-order valence-corrected chi connectivity index (χ4v) is 8.40. The standard InChI is InChI=1S/C25H29NO3S2/c1-13-12-30-23(26-13)22-16-8-9-25(2,3)11-19(16)31-18(22)10-17(27)20-14-4-6-15(7-5-14)21(20)24(28)29/h12,14-15H,4-11H2,1-3H3,(H,28,29). The lowest BCUT2D eigenvalue weighted by molar-refractivity contribution is -0.134. The van der Waals surface area contributed by atoms with Gasteiger partial charge in [0.2, 0.25) is 0 Å². The van der Waals surface area contributed by atoms with Gasteiger partial charge in [-0.2, -0.15) is 0 Å². The van der Waals surface area contributed by atoms with Gasteiger partial charge in [0, 0.05) is 44.0 Å². The molecule has 2 heterocycles. The summed E-state index contributed by atoms with van der Waals surface area (Å²) in [5.74, 6) is -0.678. The van der Waals surface area contributed by atoms with Crippen LogP contribution < -0.4 is 0 Å². The smallest absolute Gasteiger partial charge is 0.332 e. The molecule has 1 fully saturated rings. The number of nitrogens with zero attached hydrogens (tertiary/aromatic N) is 1. The van der Waals surface area contributed by atoms with Crippen molar-refractivity contribution in [2.75, 3.05) is 0 Å². The van der Waals surface area contributed by atoms with Gasteiger partial charge in [-0.25, -0.2) is 9.78 Å². The Bertz CT molecular complexity index is 1100. The van der Waals surface area contributed by atoms with Gasteiger partial charge in [0.15, 0.2) is 5.78 Å². The molecule has 164 valence electrons. The molecule has 0 amide bonds. The Kier molecular flexibility index (Phi) is 5.21. The fourth-order valence-electron chi connectivity index (χ4n) is 5.82. The number of thiazole rings is 1. The second kappa shape index (κ2) is 7.66. The minimum atomic E-state index is -0.888. The molecule has 6 rings (SSSR count). The molecule has 0 unspecified atom stereocenters. The number of carboxylic acids is 1. The zero-order valence-electron chi connectivity index (χ0n) is 18.4. The van der Waals surface area contributed by atoms with Crippen LogP contribution in [0.1, 0.15) is 67.0 Å². The number of thiophene rings is 1. The first-order chi connectivity index (χ1) is 14.7. The third kappa shape index (κ3) is 3.72. The molecule has 0 aliphatic heterocycles. The molecular weight excluding hydrogens is 426 g/mol. The van der Waals surface area contributed by atoms with Gasteiger partial charge in [-0.05, 0) is 74.7 Å². The quantitative estimate of drug-likeness (QED) is 0.600. The van der Waals surface area contributed by atoms with Crippen LogP contribution in [-0.2, 0) is 28.9 Å². The molecule has 4 nitrogen and oxygen atoms in total. The normalized spacial score (nSPS) is 24.4. The molecule has 2 aromatic rings. The average molecular weight is 456 g/mol. The van der Waals surface area contributed by atoms with E-state index in [0.29, 0.717) is 17.6 Å². The van der Waals surface area contributed by atoms with Gasteiger partial charge in [0.25, 0.3) is 0 Å². The number of carboxylic acid groups (broad SMARTS) is 1. The van der Waals surface area contributed by atoms with Crippen molar-refractivity contribution in [3.8, 4) is 10.6 Å². The number of rotatable bonds is 5. The van der Waals surface area contributed by atoms with Crippen LogP contribution in [0, 0.1) is 24.2 Å². The van der Waals surface area contributed by atoms with Crippen molar-refractivity contribution >= 4 is 34.4 Å². The number of hydrogen-bond donors (Lipinski definition) is 1. The van der Waals surface area contributed by atoms with Crippen LogP contribution in [0.3, 0.4) is 0 Å². The topological polar surface area (TPSA) is 67.3 Å². The Morgan fingerprint density at radius 3 is 2.45 bits per heavy atom. The molecule has 0 saturated heterocycles. The molecule has 1 saturated carbocycles. The molecule has 2 aromatic heterocycles. The summed E-state index contributed by atoms with van der Waals surface area (Å²) in [4.78, 5) is 32.8. The monoisotopic (exact) mass is 455 g/mol. The summed E-state index contributed by atoms with van der Waals surface area (Å²) >= 11 is 3.42. The van der Waals surface area contributed by atoms with Crippen molar-refractivity contribution in [3.05, 3.63) is 37.5 Å². The lowest BCUT2D eigenvalue weighted by Crippen LogP contribution is -2.34. The Balaban J connectivity index is 1.56. The first-order valence-electron chi connectivity index (χ1n) is 11.3. The van der Waals surface area contributed by atoms with E-state index in [1.54, 1.807) is 22.7 Å². The van der Waals surface area contributed by atoms with Gasteiger partial charge >= 0.3 is 5.97 Å². The number of hydrogen-bond acceptors (Lipinski definition) is 5. The zero-order valence-corrected chi connectivity index (χ0v) is 20.0. The van der Waals surface area contributed by atoms with Crippen molar-refractivity contribution in [3.63, 3.8) is 0 Å². The van der Waals surface area contributed by atoms with E-state index < -0.39 is 5.97 Å². The molecule has 0 spiro atoms. The molecule has 4 aliphatic carbocycles. The van der Waals surface area contributed by atoms with E-state index in [1.807, 2.05) is 6.92 Å². The van der Waals surface area contributed by atoms with Crippen LogP contribution in [0.25, 0.3) is 10.6 Å². The third-order valence-corrected chi connectivity index (χ3v) is 9.58. The maximum Gasteiger partial charge on any atom is 0.332 e. The number of carbonyl (C=O) groups is 2. The Hall–Kier alpha value is -1.79. The van der Waals surface area contributed by atoms with Crippen LogP contribution in [0.4, 0.5) is 0 Å². The van der Waals surface area contributed by atoms with E-state index >= 15 is 0 Å². The van der Waals surface area contributed by atoms with Crippen LogP contribution in [0.2, 0.25) is 0 Å². The van der Waals surface area contributed by atoms with Crippen LogP contribution in [0.15, 0.2) is 16.5 Å². The second-order valence-corrected chi connectivity index (χ2v) is 12.3. The molecular formula is C25H29NO3S2. The van der Waals surface area contributed by atoms with Gasteiger partial charge in [0.05, 0.1) is 0 Å².